The Morgan fingerprint density at radius 1 is 1.28 bits per heavy atom. The number of Topliss-reactive ketones (excluding diaryl/α,β-unsaturated/α-hetero) is 1. The van der Waals surface area contributed by atoms with Gasteiger partial charge in [-0.05, 0) is 43.4 Å². The van der Waals surface area contributed by atoms with Crippen LogP contribution < -0.4 is 4.74 Å². The minimum Gasteiger partial charge on any atom is -0.497 e. The largest absolute Gasteiger partial charge is 0.497 e. The number of rotatable bonds is 5. The van der Waals surface area contributed by atoms with Crippen molar-refractivity contribution in [3.63, 3.8) is 0 Å². The Hall–Kier alpha value is -1.92. The monoisotopic (exact) mass is 370 g/mol. The first kappa shape index (κ1) is 16.5. The van der Waals surface area contributed by atoms with Crippen LogP contribution in [-0.2, 0) is 12.8 Å². The molecular formula is C19H18N2O2S2. The Morgan fingerprint density at radius 2 is 2.16 bits per heavy atom. The van der Waals surface area contributed by atoms with Crippen LogP contribution in [0.15, 0.2) is 35.6 Å². The van der Waals surface area contributed by atoms with E-state index in [2.05, 4.69) is 9.97 Å². The van der Waals surface area contributed by atoms with E-state index in [0.717, 1.165) is 22.7 Å². The minimum absolute atomic E-state index is 0.0831. The number of ketones is 1. The molecule has 1 aromatic carbocycles. The molecule has 128 valence electrons. The maximum atomic E-state index is 12.5. The van der Waals surface area contributed by atoms with E-state index in [0.29, 0.717) is 17.1 Å². The number of aromatic nitrogens is 2. The highest BCUT2D eigenvalue weighted by Crippen LogP contribution is 2.39. The second-order valence-electron chi connectivity index (χ2n) is 6.01. The van der Waals surface area contributed by atoms with E-state index in [4.69, 9.17) is 4.74 Å². The molecule has 0 unspecified atom stereocenters. The number of aryl methyl sites for hydroxylation is 2. The molecule has 0 fully saturated rings. The highest BCUT2D eigenvalue weighted by Gasteiger charge is 2.20. The molecule has 2 heterocycles. The van der Waals surface area contributed by atoms with E-state index in [1.807, 2.05) is 18.2 Å². The van der Waals surface area contributed by atoms with Crippen LogP contribution in [0.5, 0.6) is 5.75 Å². The molecule has 2 aromatic heterocycles. The van der Waals surface area contributed by atoms with Crippen molar-refractivity contribution in [2.24, 2.45) is 0 Å². The smallest absolute Gasteiger partial charge is 0.173 e. The van der Waals surface area contributed by atoms with Crippen molar-refractivity contribution in [2.75, 3.05) is 12.9 Å². The fourth-order valence-electron chi connectivity index (χ4n) is 3.18. The van der Waals surface area contributed by atoms with Crippen LogP contribution in [0.3, 0.4) is 0 Å². The zero-order chi connectivity index (χ0) is 17.2. The summed E-state index contributed by atoms with van der Waals surface area (Å²) in [6.07, 6.45) is 6.33. The number of nitrogens with zero attached hydrogens (tertiary/aromatic N) is 2. The number of thiophene rings is 1. The summed E-state index contributed by atoms with van der Waals surface area (Å²) in [5.41, 5.74) is 2.08. The molecule has 0 saturated carbocycles. The van der Waals surface area contributed by atoms with E-state index in [1.54, 1.807) is 30.8 Å². The number of carbonyl (C=O) groups excluding carboxylic acids is 1. The third kappa shape index (κ3) is 3.28. The van der Waals surface area contributed by atoms with Crippen LogP contribution in [0, 0.1) is 0 Å². The molecule has 1 aliphatic carbocycles. The summed E-state index contributed by atoms with van der Waals surface area (Å²) in [7, 11) is 1.61. The number of benzene rings is 1. The molecule has 0 N–H and O–H groups in total. The molecule has 4 nitrogen and oxygen atoms in total. The van der Waals surface area contributed by atoms with Gasteiger partial charge in [0.15, 0.2) is 5.78 Å². The van der Waals surface area contributed by atoms with Gasteiger partial charge in [-0.2, -0.15) is 0 Å². The lowest BCUT2D eigenvalue weighted by Gasteiger charge is -2.11. The molecular weight excluding hydrogens is 352 g/mol. The maximum Gasteiger partial charge on any atom is 0.173 e. The zero-order valence-corrected chi connectivity index (χ0v) is 15.6. The molecule has 0 bridgehead atoms. The SMILES string of the molecule is COc1cccc(C(=O)CSc2ncnc3sc4c(c23)CCCC4)c1. The second kappa shape index (κ2) is 7.14. The molecule has 0 saturated heterocycles. The highest BCUT2D eigenvalue weighted by atomic mass is 32.2. The van der Waals surface area contributed by atoms with Gasteiger partial charge >= 0.3 is 0 Å². The topological polar surface area (TPSA) is 52.1 Å². The van der Waals surface area contributed by atoms with Crippen molar-refractivity contribution >= 4 is 39.1 Å². The lowest BCUT2D eigenvalue weighted by atomic mass is 9.97. The minimum atomic E-state index is 0.0831. The van der Waals surface area contributed by atoms with Gasteiger partial charge in [0.2, 0.25) is 0 Å². The first-order valence-electron chi connectivity index (χ1n) is 8.31. The number of hydrogen-bond acceptors (Lipinski definition) is 6. The molecule has 0 amide bonds. The fraction of sp³-hybridized carbons (Fsp3) is 0.316. The summed E-state index contributed by atoms with van der Waals surface area (Å²) < 4.78 is 5.20. The van der Waals surface area contributed by atoms with Gasteiger partial charge in [0, 0.05) is 15.8 Å². The first-order chi connectivity index (χ1) is 12.3. The zero-order valence-electron chi connectivity index (χ0n) is 13.9. The Balaban J connectivity index is 1.58. The molecule has 6 heteroatoms. The fourth-order valence-corrected chi connectivity index (χ4v) is 5.40. The Labute approximate surface area is 154 Å². The first-order valence-corrected chi connectivity index (χ1v) is 10.1. The Bertz CT molecular complexity index is 936. The van der Waals surface area contributed by atoms with Crippen LogP contribution in [0.25, 0.3) is 10.2 Å². The van der Waals surface area contributed by atoms with Crippen LogP contribution in [-0.4, -0.2) is 28.6 Å². The van der Waals surface area contributed by atoms with Gasteiger partial charge in [0.25, 0.3) is 0 Å². The van der Waals surface area contributed by atoms with E-state index in [1.165, 1.54) is 40.4 Å². The van der Waals surface area contributed by atoms with Gasteiger partial charge in [-0.25, -0.2) is 9.97 Å². The van der Waals surface area contributed by atoms with Crippen molar-refractivity contribution in [3.8, 4) is 5.75 Å². The number of methoxy groups -OCH3 is 1. The Kier molecular flexibility index (Phi) is 4.72. The predicted octanol–water partition coefficient (Wildman–Crippen LogP) is 4.55. The van der Waals surface area contributed by atoms with Crippen molar-refractivity contribution in [1.29, 1.82) is 0 Å². The van der Waals surface area contributed by atoms with E-state index in [-0.39, 0.29) is 5.78 Å². The molecule has 3 aromatic rings. The Morgan fingerprint density at radius 3 is 3.04 bits per heavy atom. The van der Waals surface area contributed by atoms with Crippen molar-refractivity contribution in [2.45, 2.75) is 30.7 Å². The van der Waals surface area contributed by atoms with Crippen LogP contribution in [0.4, 0.5) is 0 Å². The summed E-state index contributed by atoms with van der Waals surface area (Å²) >= 11 is 3.29. The molecule has 0 atom stereocenters. The third-order valence-corrected chi connectivity index (χ3v) is 6.64. The average molecular weight is 370 g/mol. The summed E-state index contributed by atoms with van der Waals surface area (Å²) in [6.45, 7) is 0. The lowest BCUT2D eigenvalue weighted by molar-refractivity contribution is 0.102. The van der Waals surface area contributed by atoms with E-state index >= 15 is 0 Å². The summed E-state index contributed by atoms with van der Waals surface area (Å²) in [4.78, 5) is 23.9. The lowest BCUT2D eigenvalue weighted by Crippen LogP contribution is -2.03. The average Bonchev–Trinajstić information content (AvgIpc) is 3.05. The van der Waals surface area contributed by atoms with Gasteiger partial charge in [-0.15, -0.1) is 11.3 Å². The van der Waals surface area contributed by atoms with Gasteiger partial charge in [0.1, 0.15) is 21.9 Å². The molecule has 0 aliphatic heterocycles. The van der Waals surface area contributed by atoms with Crippen molar-refractivity contribution < 1.29 is 9.53 Å². The van der Waals surface area contributed by atoms with Crippen molar-refractivity contribution in [1.82, 2.24) is 9.97 Å². The maximum absolute atomic E-state index is 12.5. The second-order valence-corrected chi connectivity index (χ2v) is 8.06. The predicted molar refractivity (Wildman–Crippen MR) is 102 cm³/mol. The quantitative estimate of drug-likeness (QED) is 0.374. The van der Waals surface area contributed by atoms with E-state index < -0.39 is 0 Å². The summed E-state index contributed by atoms with van der Waals surface area (Å²) in [5.74, 6) is 1.15. The molecule has 4 rings (SSSR count). The molecule has 1 aliphatic rings. The summed E-state index contributed by atoms with van der Waals surface area (Å²) in [5, 5.41) is 2.10. The van der Waals surface area contributed by atoms with Gasteiger partial charge < -0.3 is 4.74 Å². The molecule has 0 spiro atoms. The van der Waals surface area contributed by atoms with Crippen LogP contribution in [0.2, 0.25) is 0 Å². The normalized spacial score (nSPS) is 13.6. The highest BCUT2D eigenvalue weighted by molar-refractivity contribution is 8.00. The number of ether oxygens (including phenoxy) is 1. The van der Waals surface area contributed by atoms with Gasteiger partial charge in [-0.3, -0.25) is 4.79 Å². The number of thioether (sulfide) groups is 1. The number of hydrogen-bond donors (Lipinski definition) is 0. The van der Waals surface area contributed by atoms with Crippen molar-refractivity contribution in [3.05, 3.63) is 46.6 Å². The summed E-state index contributed by atoms with van der Waals surface area (Å²) in [6, 6.07) is 7.29. The van der Waals surface area contributed by atoms with E-state index in [9.17, 15) is 4.79 Å². The van der Waals surface area contributed by atoms with Crippen LogP contribution in [0.1, 0.15) is 33.6 Å². The van der Waals surface area contributed by atoms with Crippen LogP contribution >= 0.6 is 23.1 Å². The third-order valence-electron chi connectivity index (χ3n) is 4.45. The molecule has 0 radical (unpaired) electrons. The van der Waals surface area contributed by atoms with Gasteiger partial charge in [0.05, 0.1) is 12.9 Å². The number of carbonyl (C=O) groups is 1. The standard InChI is InChI=1S/C19H18N2O2S2/c1-23-13-6-4-5-12(9-13)15(22)10-24-18-17-14-7-2-3-8-16(14)25-19(17)21-11-20-18/h4-6,9,11H,2-3,7-8,10H2,1H3. The van der Waals surface area contributed by atoms with Gasteiger partial charge in [-0.1, -0.05) is 23.9 Å². The number of fused-ring (bicyclic) bond motifs is 3. The molecule has 25 heavy (non-hydrogen) atoms.